The Bertz CT molecular complexity index is 1060. The van der Waals surface area contributed by atoms with Crippen molar-refractivity contribution in [3.05, 3.63) is 34.5 Å². The number of piperidine rings is 1. The Morgan fingerprint density at radius 1 is 1.27 bits per heavy atom. The van der Waals surface area contributed by atoms with Gasteiger partial charge >= 0.3 is 0 Å². The van der Waals surface area contributed by atoms with Crippen molar-refractivity contribution < 1.29 is 18.3 Å². The molecular formula is C22H32N6O4S. The second-order valence-electron chi connectivity index (χ2n) is 9.19. The Morgan fingerprint density at radius 3 is 2.55 bits per heavy atom. The zero-order valence-electron chi connectivity index (χ0n) is 19.2. The highest BCUT2D eigenvalue weighted by Gasteiger charge is 2.49. The number of hydrogen-bond donors (Lipinski definition) is 2. The van der Waals surface area contributed by atoms with Gasteiger partial charge in [0.1, 0.15) is 0 Å². The van der Waals surface area contributed by atoms with Gasteiger partial charge in [-0.3, -0.25) is 4.79 Å². The molecule has 11 heteroatoms. The largest absolute Gasteiger partial charge is 0.387 e. The van der Waals surface area contributed by atoms with Crippen molar-refractivity contribution >= 4 is 21.6 Å². The molecule has 2 fully saturated rings. The number of aromatic nitrogens is 1. The van der Waals surface area contributed by atoms with E-state index in [0.717, 1.165) is 12.0 Å². The molecule has 10 nitrogen and oxygen atoms in total. The number of allylic oxidation sites excluding steroid dienone is 1. The Kier molecular flexibility index (Phi) is 6.56. The number of carbonyl (C=O) groups excluding carboxylic acids is 1. The number of aryl methyl sites for hydroxylation is 1. The molecule has 1 aromatic heterocycles. The maximum atomic E-state index is 13.2. The fraction of sp³-hybridized carbons (Fsp3) is 0.636. The molecule has 3 aliphatic heterocycles. The molecule has 2 N–H and O–H groups in total. The molecule has 1 unspecified atom stereocenters. The second-order valence-corrected chi connectivity index (χ2v) is 11.2. The maximum absolute atomic E-state index is 13.2. The van der Waals surface area contributed by atoms with E-state index in [-0.39, 0.29) is 11.7 Å². The summed E-state index contributed by atoms with van der Waals surface area (Å²) in [6.07, 6.45) is 1.89. The van der Waals surface area contributed by atoms with Gasteiger partial charge in [-0.15, -0.1) is 0 Å². The van der Waals surface area contributed by atoms with Crippen molar-refractivity contribution in [2.75, 3.05) is 43.5 Å². The summed E-state index contributed by atoms with van der Waals surface area (Å²) in [4.78, 5) is 21.6. The van der Waals surface area contributed by atoms with Crippen molar-refractivity contribution in [1.82, 2.24) is 14.8 Å². The molecule has 0 saturated carbocycles. The number of nitrogens with one attached hydrogen (secondary N) is 1. The van der Waals surface area contributed by atoms with E-state index in [1.807, 2.05) is 19.9 Å². The third-order valence-corrected chi connectivity index (χ3v) is 8.62. The Balaban J connectivity index is 1.36. The van der Waals surface area contributed by atoms with Crippen LogP contribution in [0.15, 0.2) is 28.5 Å². The van der Waals surface area contributed by atoms with Crippen LogP contribution in [-0.4, -0.2) is 72.7 Å². The monoisotopic (exact) mass is 476 g/mol. The van der Waals surface area contributed by atoms with Crippen molar-refractivity contribution in [3.8, 4) is 0 Å². The molecule has 2 saturated heterocycles. The lowest BCUT2D eigenvalue weighted by atomic mass is 9.77. The van der Waals surface area contributed by atoms with Gasteiger partial charge in [0.15, 0.2) is 15.7 Å². The number of anilines is 1. The molecule has 1 amide bonds. The van der Waals surface area contributed by atoms with Crippen LogP contribution < -0.4 is 5.01 Å². The van der Waals surface area contributed by atoms with E-state index < -0.39 is 21.4 Å². The van der Waals surface area contributed by atoms with E-state index in [1.165, 1.54) is 10.4 Å². The van der Waals surface area contributed by atoms with Gasteiger partial charge in [-0.05, 0) is 52.3 Å². The van der Waals surface area contributed by atoms with E-state index in [0.29, 0.717) is 69.2 Å². The molecule has 4 heterocycles. The molecule has 1 spiro atoms. The minimum absolute atomic E-state index is 0.0574. The lowest BCUT2D eigenvalue weighted by Crippen LogP contribution is -2.45. The van der Waals surface area contributed by atoms with Gasteiger partial charge in [0.05, 0.1) is 22.7 Å². The van der Waals surface area contributed by atoms with Gasteiger partial charge in [-0.2, -0.15) is 5.53 Å². The van der Waals surface area contributed by atoms with Gasteiger partial charge in [-0.1, -0.05) is 11.3 Å². The number of pyridine rings is 1. The van der Waals surface area contributed by atoms with Crippen molar-refractivity contribution in [3.63, 3.8) is 0 Å². The number of amides is 1. The van der Waals surface area contributed by atoms with Crippen LogP contribution >= 0.6 is 0 Å². The Labute approximate surface area is 194 Å². The van der Waals surface area contributed by atoms with Crippen molar-refractivity contribution in [1.29, 1.82) is 5.53 Å². The van der Waals surface area contributed by atoms with E-state index in [2.05, 4.69) is 15.1 Å². The number of likely N-dealkylation sites (tertiary alicyclic amines) is 2. The average molecular weight is 477 g/mol. The number of aliphatic hydroxyl groups is 1. The first-order valence-corrected chi connectivity index (χ1v) is 13.2. The first-order valence-electron chi connectivity index (χ1n) is 11.5. The van der Waals surface area contributed by atoms with Gasteiger partial charge in [0.25, 0.3) is 0 Å². The van der Waals surface area contributed by atoms with Crippen LogP contribution in [0.1, 0.15) is 50.0 Å². The number of aliphatic hydroxyl groups excluding tert-OH is 1. The summed E-state index contributed by atoms with van der Waals surface area (Å²) in [5.74, 6) is 0.728. The smallest absolute Gasteiger partial charge is 0.233 e. The normalized spacial score (nSPS) is 23.1. The molecule has 33 heavy (non-hydrogen) atoms. The highest BCUT2D eigenvalue weighted by Crippen LogP contribution is 2.44. The summed E-state index contributed by atoms with van der Waals surface area (Å²) in [6, 6.07) is 3.60. The molecule has 3 aliphatic rings. The summed E-state index contributed by atoms with van der Waals surface area (Å²) < 4.78 is 23.6. The molecule has 0 aromatic carbocycles. The Morgan fingerprint density at radius 2 is 1.97 bits per heavy atom. The van der Waals surface area contributed by atoms with Gasteiger partial charge in [0.2, 0.25) is 5.91 Å². The standard InChI is InChI=1S/C22H32N6O4S/c1-3-28(25-23)20-5-4-18(16(2)24-20)19(29)14-26-10-7-22(8-11-26)9-12-27(21(22)30)17-6-13-33(31,32)15-17/h4-5,15,19,23,29H,3,6-14H2,1-2H3. The summed E-state index contributed by atoms with van der Waals surface area (Å²) in [5, 5.41) is 17.0. The summed E-state index contributed by atoms with van der Waals surface area (Å²) in [5.41, 5.74) is 8.91. The SMILES string of the molecule is CCN(N=N)c1ccc(C(O)CN2CCC3(CC2)CCN(C2=CS(=O)(=O)CC2)C3=O)c(C)n1. The predicted octanol–water partition coefficient (Wildman–Crippen LogP) is 2.17. The highest BCUT2D eigenvalue weighted by molar-refractivity contribution is 7.94. The number of rotatable bonds is 7. The zero-order chi connectivity index (χ0) is 23.8. The molecule has 0 aliphatic carbocycles. The number of hydrogen-bond acceptors (Lipinski definition) is 8. The Hall–Kier alpha value is -2.37. The van der Waals surface area contributed by atoms with E-state index in [1.54, 1.807) is 11.0 Å². The first-order chi connectivity index (χ1) is 15.7. The van der Waals surface area contributed by atoms with Gasteiger partial charge in [0, 0.05) is 43.0 Å². The number of β-amino-alcohol motifs (C(OH)–C–C–N with tert-alkyl or cyclic N) is 1. The summed E-state index contributed by atoms with van der Waals surface area (Å²) in [7, 11) is -3.18. The topological polar surface area (TPSA) is 130 Å². The van der Waals surface area contributed by atoms with Crippen molar-refractivity contribution in [2.45, 2.75) is 45.6 Å². The zero-order valence-corrected chi connectivity index (χ0v) is 20.0. The van der Waals surface area contributed by atoms with Crippen LogP contribution in [-0.2, 0) is 14.6 Å². The van der Waals surface area contributed by atoms with Crippen molar-refractivity contribution in [2.24, 2.45) is 10.6 Å². The lowest BCUT2D eigenvalue weighted by Gasteiger charge is -2.38. The molecule has 180 valence electrons. The molecule has 0 bridgehead atoms. The third kappa shape index (κ3) is 4.67. The van der Waals surface area contributed by atoms with E-state index >= 15 is 0 Å². The van der Waals surface area contributed by atoms with E-state index in [9.17, 15) is 18.3 Å². The van der Waals surface area contributed by atoms with Crippen LogP contribution in [0, 0.1) is 17.9 Å². The lowest BCUT2D eigenvalue weighted by molar-refractivity contribution is -0.137. The van der Waals surface area contributed by atoms with E-state index in [4.69, 9.17) is 5.53 Å². The number of nitrogens with zero attached hydrogens (tertiary/aromatic N) is 5. The third-order valence-electron chi connectivity index (χ3n) is 7.22. The van der Waals surface area contributed by atoms with Gasteiger partial charge < -0.3 is 14.9 Å². The summed E-state index contributed by atoms with van der Waals surface area (Å²) >= 11 is 0. The second kappa shape index (κ2) is 9.11. The number of sulfone groups is 1. The van der Waals surface area contributed by atoms with Crippen LogP contribution in [0.25, 0.3) is 0 Å². The van der Waals surface area contributed by atoms with Gasteiger partial charge in [-0.25, -0.2) is 18.4 Å². The minimum Gasteiger partial charge on any atom is -0.387 e. The fourth-order valence-corrected chi connectivity index (χ4v) is 6.45. The average Bonchev–Trinajstić information content (AvgIpc) is 3.30. The predicted molar refractivity (Wildman–Crippen MR) is 123 cm³/mol. The molecule has 0 radical (unpaired) electrons. The molecule has 1 aromatic rings. The van der Waals surface area contributed by atoms with Crippen LogP contribution in [0.3, 0.4) is 0 Å². The highest BCUT2D eigenvalue weighted by atomic mass is 32.2. The first kappa shape index (κ1) is 23.8. The van der Waals surface area contributed by atoms with Crippen LogP contribution in [0.5, 0.6) is 0 Å². The quantitative estimate of drug-likeness (QED) is 0.455. The maximum Gasteiger partial charge on any atom is 0.233 e. The molecule has 4 rings (SSSR count). The van der Waals surface area contributed by atoms with Crippen LogP contribution in [0.4, 0.5) is 5.82 Å². The molecular weight excluding hydrogens is 444 g/mol. The fourth-order valence-electron chi connectivity index (χ4n) is 5.17. The summed E-state index contributed by atoms with van der Waals surface area (Å²) in [6.45, 7) is 6.73. The molecule has 1 atom stereocenters. The number of carbonyl (C=O) groups is 1. The minimum atomic E-state index is -3.18. The van der Waals surface area contributed by atoms with Crippen LogP contribution in [0.2, 0.25) is 0 Å².